The van der Waals surface area contributed by atoms with Crippen molar-refractivity contribution in [1.29, 1.82) is 0 Å². The van der Waals surface area contributed by atoms with Gasteiger partial charge in [-0.1, -0.05) is 16.9 Å². The van der Waals surface area contributed by atoms with Crippen LogP contribution in [0, 0.1) is 0 Å². The number of carboxylic acids is 2. The van der Waals surface area contributed by atoms with Crippen LogP contribution in [0.15, 0.2) is 27.0 Å². The summed E-state index contributed by atoms with van der Waals surface area (Å²) >= 11 is 2.64. The largest absolute Gasteiger partial charge is 0.479 e. The van der Waals surface area contributed by atoms with Crippen molar-refractivity contribution in [2.24, 2.45) is 5.16 Å². The lowest BCUT2D eigenvalue weighted by molar-refractivity contribution is -0.167. The second-order valence-electron chi connectivity index (χ2n) is 8.52. The van der Waals surface area contributed by atoms with Gasteiger partial charge in [-0.15, -0.1) is 28.2 Å². The van der Waals surface area contributed by atoms with Crippen LogP contribution in [-0.2, 0) is 35.4 Å². The van der Waals surface area contributed by atoms with Crippen LogP contribution in [0.25, 0.3) is 0 Å². The number of aliphatic hydroxyl groups is 1. The van der Waals surface area contributed by atoms with Crippen LogP contribution in [0.1, 0.15) is 5.69 Å². The summed E-state index contributed by atoms with van der Waals surface area (Å²) in [7, 11) is 1.08. The molecule has 2 aromatic rings. The van der Waals surface area contributed by atoms with Crippen molar-refractivity contribution in [3.8, 4) is 0 Å². The number of rotatable bonds is 12. The number of hydrogen-bond donors (Lipinski definition) is 5. The summed E-state index contributed by atoms with van der Waals surface area (Å²) in [6.07, 6.45) is -6.96. The van der Waals surface area contributed by atoms with E-state index in [4.69, 9.17) is 5.11 Å². The number of thiazole rings is 1. The average molecular weight is 682 g/mol. The number of aliphatic hydroxyl groups excluding tert-OH is 1. The summed E-state index contributed by atoms with van der Waals surface area (Å²) in [6, 6.07) is -1.22. The molecule has 1 fully saturated rings. The Morgan fingerprint density at radius 1 is 1.30 bits per heavy atom. The second-order valence-corrected chi connectivity index (χ2v) is 11.4. The van der Waals surface area contributed by atoms with E-state index in [1.807, 2.05) is 0 Å². The Labute approximate surface area is 254 Å². The summed E-state index contributed by atoms with van der Waals surface area (Å²) < 4.78 is 38.7. The molecule has 0 saturated carbocycles. The maximum atomic E-state index is 13.0. The normalized spacial score (nSPS) is 19.2. The third-order valence-corrected chi connectivity index (χ3v) is 8.81. The quantitative estimate of drug-likeness (QED) is 0.0776. The number of amides is 3. The summed E-state index contributed by atoms with van der Waals surface area (Å²) in [5.74, 6) is -6.91. The van der Waals surface area contributed by atoms with Gasteiger partial charge < -0.3 is 25.5 Å². The molecule has 4 rings (SSSR count). The van der Waals surface area contributed by atoms with Crippen molar-refractivity contribution >= 4 is 75.4 Å². The number of β-lactam (4-membered cyclic amide) rings is 1. The first-order valence-electron chi connectivity index (χ1n) is 11.7. The molecule has 2 aliphatic heterocycles. The number of aliphatic carboxylic acids is 2. The Morgan fingerprint density at radius 2 is 2.02 bits per heavy atom. The molecule has 3 amide bonds. The van der Waals surface area contributed by atoms with Crippen LogP contribution >= 0.6 is 34.9 Å². The maximum absolute atomic E-state index is 13.0. The Hall–Kier alpha value is -4.29. The number of anilines is 1. The molecule has 236 valence electrons. The monoisotopic (exact) mass is 681 g/mol. The number of thioether (sulfide) groups is 2. The molecule has 44 heavy (non-hydrogen) atoms. The van der Waals surface area contributed by atoms with Crippen molar-refractivity contribution < 1.29 is 57.3 Å². The predicted octanol–water partition coefficient (Wildman–Crippen LogP) is -1.04. The van der Waals surface area contributed by atoms with Gasteiger partial charge in [0.1, 0.15) is 29.9 Å². The first-order chi connectivity index (χ1) is 20.7. The Morgan fingerprint density at radius 3 is 2.66 bits per heavy atom. The number of alkyl halides is 3. The number of aromatic nitrogens is 5. The fraction of sp³-hybridized carbons (Fsp3) is 0.400. The molecule has 4 heterocycles. The van der Waals surface area contributed by atoms with Crippen LogP contribution in [-0.4, -0.2) is 123 Å². The van der Waals surface area contributed by atoms with Crippen LogP contribution in [0.3, 0.4) is 0 Å². The van der Waals surface area contributed by atoms with Gasteiger partial charge in [0.25, 0.3) is 11.8 Å². The number of nitrogens with zero attached hydrogens (tertiary/aromatic N) is 7. The first-order valence-corrected chi connectivity index (χ1v) is 14.6. The standard InChI is InChI=1S/C20H18F3N9O9S3/c1-41-28-9(7-5-43-18(24-7)26-17(40)20(21,22)23)12(34)25-10-13(35)32-11(16(38)39)6(3-42-14(10)32)4-44-19-27-29-30-31(19)2-8(33)15(36)37/h5,8,10,14,33H,2-4H2,1H3,(H,25,34)(H,36,37)(H,38,39)(H,24,26,40)/t8?,10?,14-/m0/s1. The number of tetrazole rings is 1. The zero-order valence-electron chi connectivity index (χ0n) is 21.7. The molecule has 24 heteroatoms. The highest BCUT2D eigenvalue weighted by molar-refractivity contribution is 8.01. The third-order valence-electron chi connectivity index (χ3n) is 5.66. The Bertz CT molecular complexity index is 1560. The van der Waals surface area contributed by atoms with Crippen molar-refractivity contribution in [3.05, 3.63) is 22.3 Å². The minimum Gasteiger partial charge on any atom is -0.479 e. The molecule has 0 bridgehead atoms. The zero-order valence-corrected chi connectivity index (χ0v) is 24.2. The number of halogens is 3. The van der Waals surface area contributed by atoms with Crippen LogP contribution in [0.4, 0.5) is 18.3 Å². The topological polar surface area (TPSA) is 251 Å². The smallest absolute Gasteiger partial charge is 0.471 e. The lowest BCUT2D eigenvalue weighted by Gasteiger charge is -2.49. The minimum absolute atomic E-state index is 0.0205. The molecule has 2 aromatic heterocycles. The van der Waals surface area contributed by atoms with Crippen molar-refractivity contribution in [3.63, 3.8) is 0 Å². The van der Waals surface area contributed by atoms with Gasteiger partial charge in [0.05, 0.1) is 6.54 Å². The second kappa shape index (κ2) is 13.1. The van der Waals surface area contributed by atoms with Gasteiger partial charge >= 0.3 is 24.0 Å². The van der Waals surface area contributed by atoms with Gasteiger partial charge in [0.2, 0.25) is 5.16 Å². The average Bonchev–Trinajstić information content (AvgIpc) is 3.61. The number of oxime groups is 1. The number of carboxylic acid groups (broad SMARTS) is 2. The molecule has 2 aliphatic rings. The summed E-state index contributed by atoms with van der Waals surface area (Å²) in [4.78, 5) is 69.6. The highest BCUT2D eigenvalue weighted by Crippen LogP contribution is 2.41. The maximum Gasteiger partial charge on any atom is 0.471 e. The molecular formula is C20H18F3N9O9S3. The third kappa shape index (κ3) is 6.92. The molecular weight excluding hydrogens is 663 g/mol. The van der Waals surface area contributed by atoms with Crippen LogP contribution in [0.5, 0.6) is 0 Å². The predicted molar refractivity (Wildman–Crippen MR) is 142 cm³/mol. The van der Waals surface area contributed by atoms with Gasteiger partial charge in [-0.3, -0.25) is 24.6 Å². The highest BCUT2D eigenvalue weighted by Gasteiger charge is 2.54. The highest BCUT2D eigenvalue weighted by atomic mass is 32.2. The van der Waals surface area contributed by atoms with E-state index >= 15 is 0 Å². The zero-order chi connectivity index (χ0) is 32.3. The Kier molecular flexibility index (Phi) is 9.75. The van der Waals surface area contributed by atoms with Crippen molar-refractivity contribution in [1.82, 2.24) is 35.4 Å². The van der Waals surface area contributed by atoms with Gasteiger partial charge in [0, 0.05) is 16.9 Å². The molecule has 18 nitrogen and oxygen atoms in total. The molecule has 3 atom stereocenters. The van der Waals surface area contributed by atoms with Crippen LogP contribution < -0.4 is 10.6 Å². The fourth-order valence-corrected chi connectivity index (χ4v) is 6.78. The van der Waals surface area contributed by atoms with Crippen LogP contribution in [0.2, 0.25) is 0 Å². The van der Waals surface area contributed by atoms with Crippen molar-refractivity contribution in [2.75, 3.05) is 23.9 Å². The van der Waals surface area contributed by atoms with Gasteiger partial charge in [-0.05, 0) is 16.0 Å². The lowest BCUT2D eigenvalue weighted by atomic mass is 10.0. The molecule has 2 unspecified atom stereocenters. The molecule has 0 aromatic carbocycles. The SMILES string of the molecule is CON=C(C(=O)NC1C(=O)N2C(C(=O)O)=C(CSc3nnnn3CC(O)C(=O)O)CS[C@@H]12)c1csc(NC(=O)C(F)(F)F)n1. The summed E-state index contributed by atoms with van der Waals surface area (Å²) in [6.45, 7) is -0.461. The van der Waals surface area contributed by atoms with E-state index < -0.39 is 70.7 Å². The van der Waals surface area contributed by atoms with E-state index in [0.717, 1.165) is 45.6 Å². The summed E-state index contributed by atoms with van der Waals surface area (Å²) in [5.41, 5.74) is -0.833. The van der Waals surface area contributed by atoms with E-state index in [-0.39, 0.29) is 28.1 Å². The fourth-order valence-electron chi connectivity index (χ4n) is 3.72. The number of carbonyl (C=O) groups is 5. The van der Waals surface area contributed by atoms with Gasteiger partial charge in [-0.25, -0.2) is 19.3 Å². The van der Waals surface area contributed by atoms with E-state index in [1.54, 1.807) is 5.32 Å². The minimum atomic E-state index is -5.18. The number of nitrogens with one attached hydrogen (secondary N) is 2. The number of hydrogen-bond acceptors (Lipinski definition) is 15. The first kappa shape index (κ1) is 32.6. The number of fused-ring (bicyclic) bond motifs is 1. The van der Waals surface area contributed by atoms with Crippen molar-refractivity contribution in [2.45, 2.75) is 35.4 Å². The number of carbonyl (C=O) groups excluding carboxylic acids is 3. The molecule has 0 aliphatic carbocycles. The molecule has 5 N–H and O–H groups in total. The lowest BCUT2D eigenvalue weighted by Crippen LogP contribution is -2.71. The summed E-state index contributed by atoms with van der Waals surface area (Å²) in [5, 5.41) is 46.5. The van der Waals surface area contributed by atoms with Gasteiger partial charge in [0.15, 0.2) is 16.9 Å². The van der Waals surface area contributed by atoms with Gasteiger partial charge in [-0.2, -0.15) is 13.2 Å². The van der Waals surface area contributed by atoms with E-state index in [1.165, 1.54) is 0 Å². The molecule has 1 saturated heterocycles. The molecule has 0 spiro atoms. The Balaban J connectivity index is 1.45. The molecule has 0 radical (unpaired) electrons. The van der Waals surface area contributed by atoms with E-state index in [2.05, 4.69) is 35.8 Å². The van der Waals surface area contributed by atoms with E-state index in [9.17, 15) is 47.4 Å². The van der Waals surface area contributed by atoms with E-state index in [0.29, 0.717) is 16.9 Å².